The molecule has 3 aromatic rings. The molecule has 7 nitrogen and oxygen atoms in total. The van der Waals surface area contributed by atoms with E-state index in [9.17, 15) is 18.0 Å². The van der Waals surface area contributed by atoms with Gasteiger partial charge in [-0.15, -0.1) is 0 Å². The van der Waals surface area contributed by atoms with Crippen LogP contribution in [0.4, 0.5) is 5.69 Å². The van der Waals surface area contributed by atoms with E-state index in [0.717, 1.165) is 29.2 Å². The Morgan fingerprint density at radius 3 is 2.43 bits per heavy atom. The Labute approximate surface area is 210 Å². The molecule has 184 valence electrons. The molecule has 0 aliphatic carbocycles. The molecule has 0 aliphatic rings. The number of amides is 1. The molecule has 0 aromatic heterocycles. The topological polar surface area (TPSA) is 92.8 Å². The molecule has 9 heteroatoms. The lowest BCUT2D eigenvalue weighted by Gasteiger charge is -2.18. The molecule has 0 bridgehead atoms. The zero-order valence-corrected chi connectivity index (χ0v) is 21.3. The molecule has 0 atom stereocenters. The van der Waals surface area contributed by atoms with E-state index in [1.807, 2.05) is 62.4 Å². The Balaban J connectivity index is 1.71. The number of benzene rings is 3. The molecule has 0 fully saturated rings. The zero-order chi connectivity index (χ0) is 25.6. The summed E-state index contributed by atoms with van der Waals surface area (Å²) < 4.78 is 32.4. The van der Waals surface area contributed by atoms with Crippen LogP contribution >= 0.6 is 11.6 Å². The maximum absolute atomic E-state index is 13.1. The van der Waals surface area contributed by atoms with Gasteiger partial charge in [-0.25, -0.2) is 13.2 Å². The number of nitrogens with zero attached hydrogens (tertiary/aromatic N) is 1. The Morgan fingerprint density at radius 1 is 1.03 bits per heavy atom. The van der Waals surface area contributed by atoms with Crippen LogP contribution in [0.1, 0.15) is 34.0 Å². The number of nitrogens with one attached hydrogen (secondary N) is 1. The van der Waals surface area contributed by atoms with Gasteiger partial charge in [0, 0.05) is 19.3 Å². The van der Waals surface area contributed by atoms with Gasteiger partial charge in [0.2, 0.25) is 10.0 Å². The van der Waals surface area contributed by atoms with Gasteiger partial charge in [-0.1, -0.05) is 67.1 Å². The van der Waals surface area contributed by atoms with Crippen LogP contribution < -0.4 is 5.32 Å². The normalized spacial score (nSPS) is 11.3. The smallest absolute Gasteiger partial charge is 0.340 e. The van der Waals surface area contributed by atoms with Crippen LogP contribution in [0.25, 0.3) is 0 Å². The predicted molar refractivity (Wildman–Crippen MR) is 136 cm³/mol. The van der Waals surface area contributed by atoms with E-state index in [1.165, 1.54) is 23.5 Å². The van der Waals surface area contributed by atoms with Gasteiger partial charge in [0.05, 0.1) is 15.5 Å². The minimum atomic E-state index is -3.91. The van der Waals surface area contributed by atoms with E-state index in [4.69, 9.17) is 16.3 Å². The number of esters is 1. The number of halogens is 1. The molecular weight excluding hydrogens is 488 g/mol. The second-order valence-electron chi connectivity index (χ2n) is 7.98. The summed E-state index contributed by atoms with van der Waals surface area (Å²) in [5, 5.41) is 2.79. The average molecular weight is 515 g/mol. The van der Waals surface area contributed by atoms with Gasteiger partial charge in [0.15, 0.2) is 6.61 Å². The standard InChI is InChI=1S/C26H27ClN2O5S/c1-4-20-12-8-9-18(2)25(20)28-24(30)17-34-26(31)22-15-21(13-14-23(22)27)35(32,33)29(3)16-19-10-6-5-7-11-19/h5-15H,4,16-17H2,1-3H3,(H,28,30). The van der Waals surface area contributed by atoms with Crippen LogP contribution in [0.3, 0.4) is 0 Å². The molecule has 0 radical (unpaired) electrons. The zero-order valence-electron chi connectivity index (χ0n) is 19.7. The SMILES string of the molecule is CCc1cccc(C)c1NC(=O)COC(=O)c1cc(S(=O)(=O)N(C)Cc2ccccc2)ccc1Cl. The highest BCUT2D eigenvalue weighted by molar-refractivity contribution is 7.89. The van der Waals surface area contributed by atoms with Gasteiger partial charge in [-0.2, -0.15) is 4.31 Å². The van der Waals surface area contributed by atoms with Crippen LogP contribution in [0.15, 0.2) is 71.6 Å². The number of para-hydroxylation sites is 1. The molecule has 0 aliphatic heterocycles. The van der Waals surface area contributed by atoms with Crippen molar-refractivity contribution < 1.29 is 22.7 Å². The number of sulfonamides is 1. The minimum absolute atomic E-state index is 0.0206. The van der Waals surface area contributed by atoms with Crippen molar-refractivity contribution in [3.8, 4) is 0 Å². The first-order valence-electron chi connectivity index (χ1n) is 11.0. The van der Waals surface area contributed by atoms with Gasteiger partial charge in [0.1, 0.15) is 0 Å². The largest absolute Gasteiger partial charge is 0.452 e. The lowest BCUT2D eigenvalue weighted by Crippen LogP contribution is -2.27. The number of carbonyl (C=O) groups is 2. The first-order chi connectivity index (χ1) is 16.6. The van der Waals surface area contributed by atoms with Crippen LogP contribution in [0.5, 0.6) is 0 Å². The summed E-state index contributed by atoms with van der Waals surface area (Å²) in [6, 6.07) is 18.6. The van der Waals surface area contributed by atoms with Crippen molar-refractivity contribution in [3.63, 3.8) is 0 Å². The molecule has 0 saturated carbocycles. The van der Waals surface area contributed by atoms with Crippen molar-refractivity contribution in [1.82, 2.24) is 4.31 Å². The highest BCUT2D eigenvalue weighted by Crippen LogP contribution is 2.25. The van der Waals surface area contributed by atoms with Crippen molar-refractivity contribution in [2.45, 2.75) is 31.7 Å². The Bertz CT molecular complexity index is 1330. The van der Waals surface area contributed by atoms with E-state index >= 15 is 0 Å². The summed E-state index contributed by atoms with van der Waals surface area (Å²) in [7, 11) is -2.45. The Hall–Kier alpha value is -3.20. The van der Waals surface area contributed by atoms with Gasteiger partial charge in [0.25, 0.3) is 5.91 Å². The lowest BCUT2D eigenvalue weighted by molar-refractivity contribution is -0.119. The highest BCUT2D eigenvalue weighted by atomic mass is 35.5. The highest BCUT2D eigenvalue weighted by Gasteiger charge is 2.24. The first kappa shape index (κ1) is 26.4. The molecule has 3 aromatic carbocycles. The van der Waals surface area contributed by atoms with E-state index in [0.29, 0.717) is 5.69 Å². The quantitative estimate of drug-likeness (QED) is 0.413. The molecule has 1 N–H and O–H groups in total. The summed E-state index contributed by atoms with van der Waals surface area (Å²) in [6.45, 7) is 3.47. The maximum Gasteiger partial charge on any atom is 0.340 e. The van der Waals surface area contributed by atoms with Gasteiger partial charge in [-0.05, 0) is 48.2 Å². The fraction of sp³-hybridized carbons (Fsp3) is 0.231. The van der Waals surface area contributed by atoms with Crippen LogP contribution in [0, 0.1) is 6.92 Å². The molecule has 35 heavy (non-hydrogen) atoms. The molecule has 0 unspecified atom stereocenters. The molecular formula is C26H27ClN2O5S. The third-order valence-corrected chi connectivity index (χ3v) is 7.58. The Kier molecular flexibility index (Phi) is 8.67. The Morgan fingerprint density at radius 2 is 1.74 bits per heavy atom. The van der Waals surface area contributed by atoms with Gasteiger partial charge < -0.3 is 10.1 Å². The molecule has 3 rings (SSSR count). The number of hydrogen-bond acceptors (Lipinski definition) is 5. The van der Waals surface area contributed by atoms with E-state index in [1.54, 1.807) is 0 Å². The summed E-state index contributed by atoms with van der Waals surface area (Å²) in [4.78, 5) is 25.0. The number of ether oxygens (including phenoxy) is 1. The van der Waals surface area contributed by atoms with E-state index in [2.05, 4.69) is 5.32 Å². The third kappa shape index (κ3) is 6.48. The monoisotopic (exact) mass is 514 g/mol. The summed E-state index contributed by atoms with van der Waals surface area (Å²) in [5.41, 5.74) is 3.22. The molecule has 0 saturated heterocycles. The van der Waals surface area contributed by atoms with Crippen LogP contribution in [-0.4, -0.2) is 38.3 Å². The third-order valence-electron chi connectivity index (χ3n) is 5.45. The van der Waals surface area contributed by atoms with Crippen molar-refractivity contribution in [3.05, 3.63) is 94.0 Å². The van der Waals surface area contributed by atoms with Gasteiger partial charge in [-0.3, -0.25) is 4.79 Å². The van der Waals surface area contributed by atoms with Crippen LogP contribution in [-0.2, 0) is 32.5 Å². The van der Waals surface area contributed by atoms with Crippen molar-refractivity contribution in [1.29, 1.82) is 0 Å². The number of rotatable bonds is 9. The minimum Gasteiger partial charge on any atom is -0.452 e. The second-order valence-corrected chi connectivity index (χ2v) is 10.4. The van der Waals surface area contributed by atoms with Crippen molar-refractivity contribution >= 4 is 39.2 Å². The van der Waals surface area contributed by atoms with E-state index < -0.39 is 28.5 Å². The average Bonchev–Trinajstić information content (AvgIpc) is 2.84. The molecule has 1 amide bonds. The van der Waals surface area contributed by atoms with E-state index in [-0.39, 0.29) is 22.0 Å². The predicted octanol–water partition coefficient (Wildman–Crippen LogP) is 4.83. The first-order valence-corrected chi connectivity index (χ1v) is 12.8. The lowest BCUT2D eigenvalue weighted by atomic mass is 10.1. The number of aryl methyl sites for hydroxylation is 2. The summed E-state index contributed by atoms with van der Waals surface area (Å²) >= 11 is 6.15. The molecule has 0 heterocycles. The van der Waals surface area contributed by atoms with Gasteiger partial charge >= 0.3 is 5.97 Å². The fourth-order valence-electron chi connectivity index (χ4n) is 3.51. The maximum atomic E-state index is 13.1. The number of carbonyl (C=O) groups excluding carboxylic acids is 2. The van der Waals surface area contributed by atoms with Crippen LogP contribution in [0.2, 0.25) is 5.02 Å². The number of anilines is 1. The summed E-state index contributed by atoms with van der Waals surface area (Å²) in [6.07, 6.45) is 0.729. The summed E-state index contributed by atoms with van der Waals surface area (Å²) in [5.74, 6) is -1.40. The second kappa shape index (κ2) is 11.5. The van der Waals surface area contributed by atoms with Crippen molar-refractivity contribution in [2.24, 2.45) is 0 Å². The molecule has 0 spiro atoms. The number of hydrogen-bond donors (Lipinski definition) is 1. The fourth-order valence-corrected chi connectivity index (χ4v) is 4.89. The van der Waals surface area contributed by atoms with Crippen molar-refractivity contribution in [2.75, 3.05) is 19.0 Å².